The summed E-state index contributed by atoms with van der Waals surface area (Å²) < 4.78 is 0. The Morgan fingerprint density at radius 2 is 2.12 bits per heavy atom. The van der Waals surface area contributed by atoms with Gasteiger partial charge in [-0.3, -0.25) is 9.88 Å². The second kappa shape index (κ2) is 5.41. The molecule has 3 heteroatoms. The fraction of sp³-hybridized carbons (Fsp3) is 0.615. The van der Waals surface area contributed by atoms with Gasteiger partial charge in [0.15, 0.2) is 0 Å². The van der Waals surface area contributed by atoms with Crippen LogP contribution in [0.4, 0.5) is 0 Å². The zero-order valence-electron chi connectivity index (χ0n) is 9.84. The van der Waals surface area contributed by atoms with Crippen LogP contribution in [-0.2, 0) is 6.54 Å². The van der Waals surface area contributed by atoms with Crippen molar-refractivity contribution in [1.82, 2.24) is 9.88 Å². The Morgan fingerprint density at radius 3 is 2.75 bits per heavy atom. The van der Waals surface area contributed by atoms with Crippen molar-refractivity contribution >= 4 is 0 Å². The van der Waals surface area contributed by atoms with Gasteiger partial charge in [-0.15, -0.1) is 0 Å². The predicted molar refractivity (Wildman–Crippen MR) is 64.0 cm³/mol. The van der Waals surface area contributed by atoms with Crippen molar-refractivity contribution in [3.05, 3.63) is 30.1 Å². The first-order chi connectivity index (χ1) is 7.75. The molecular weight excluding hydrogens is 200 g/mol. The number of aliphatic hydroxyl groups is 1. The zero-order valence-corrected chi connectivity index (χ0v) is 9.84. The van der Waals surface area contributed by atoms with Gasteiger partial charge in [0.2, 0.25) is 0 Å². The number of rotatable bonds is 3. The van der Waals surface area contributed by atoms with Gasteiger partial charge in [0, 0.05) is 25.0 Å². The van der Waals surface area contributed by atoms with E-state index in [1.165, 1.54) is 5.56 Å². The first-order valence-electron chi connectivity index (χ1n) is 6.03. The minimum Gasteiger partial charge on any atom is -0.393 e. The standard InChI is InChI=1S/C13H20N2O/c1-15(10-11-3-2-8-14-9-11)12-4-6-13(16)7-5-12/h2-3,8-9,12-13,16H,4-7,10H2,1H3. The summed E-state index contributed by atoms with van der Waals surface area (Å²) in [6, 6.07) is 4.71. The lowest BCUT2D eigenvalue weighted by Gasteiger charge is -2.33. The maximum atomic E-state index is 9.47. The molecule has 0 spiro atoms. The average Bonchev–Trinajstić information content (AvgIpc) is 2.31. The summed E-state index contributed by atoms with van der Waals surface area (Å²) in [6.07, 6.45) is 7.78. The molecule has 3 nitrogen and oxygen atoms in total. The van der Waals surface area contributed by atoms with E-state index in [-0.39, 0.29) is 6.10 Å². The molecule has 16 heavy (non-hydrogen) atoms. The van der Waals surface area contributed by atoms with Crippen LogP contribution >= 0.6 is 0 Å². The van der Waals surface area contributed by atoms with Crippen LogP contribution in [0.1, 0.15) is 31.2 Å². The van der Waals surface area contributed by atoms with Gasteiger partial charge in [0.1, 0.15) is 0 Å². The highest BCUT2D eigenvalue weighted by molar-refractivity contribution is 5.08. The highest BCUT2D eigenvalue weighted by Gasteiger charge is 2.22. The number of nitrogens with zero attached hydrogens (tertiary/aromatic N) is 2. The molecule has 0 atom stereocenters. The summed E-state index contributed by atoms with van der Waals surface area (Å²) in [7, 11) is 2.16. The molecule has 1 aromatic rings. The Balaban J connectivity index is 1.86. The minimum atomic E-state index is -0.0666. The van der Waals surface area contributed by atoms with E-state index < -0.39 is 0 Å². The Morgan fingerprint density at radius 1 is 1.38 bits per heavy atom. The lowest BCUT2D eigenvalue weighted by molar-refractivity contribution is 0.0818. The number of pyridine rings is 1. The highest BCUT2D eigenvalue weighted by Crippen LogP contribution is 2.23. The minimum absolute atomic E-state index is 0.0666. The molecule has 1 aliphatic rings. The highest BCUT2D eigenvalue weighted by atomic mass is 16.3. The fourth-order valence-electron chi connectivity index (χ4n) is 2.41. The van der Waals surface area contributed by atoms with E-state index in [9.17, 15) is 5.11 Å². The van der Waals surface area contributed by atoms with Gasteiger partial charge in [-0.25, -0.2) is 0 Å². The zero-order chi connectivity index (χ0) is 11.4. The van der Waals surface area contributed by atoms with Crippen molar-refractivity contribution in [2.24, 2.45) is 0 Å². The molecule has 1 fully saturated rings. The molecule has 1 aromatic heterocycles. The lowest BCUT2D eigenvalue weighted by Crippen LogP contribution is -2.35. The van der Waals surface area contributed by atoms with Crippen LogP contribution in [0, 0.1) is 0 Å². The molecule has 1 heterocycles. The molecule has 0 radical (unpaired) electrons. The van der Waals surface area contributed by atoms with E-state index in [1.807, 2.05) is 12.3 Å². The van der Waals surface area contributed by atoms with E-state index in [0.717, 1.165) is 32.2 Å². The van der Waals surface area contributed by atoms with Gasteiger partial charge < -0.3 is 5.11 Å². The SMILES string of the molecule is CN(Cc1cccnc1)C1CCC(O)CC1. The summed E-state index contributed by atoms with van der Waals surface area (Å²) >= 11 is 0. The van der Waals surface area contributed by atoms with E-state index in [1.54, 1.807) is 6.20 Å². The molecule has 88 valence electrons. The van der Waals surface area contributed by atoms with Crippen LogP contribution in [0.2, 0.25) is 0 Å². The van der Waals surface area contributed by atoms with Gasteiger partial charge in [-0.05, 0) is 44.4 Å². The summed E-state index contributed by atoms with van der Waals surface area (Å²) in [6.45, 7) is 0.953. The third-order valence-electron chi connectivity index (χ3n) is 3.44. The van der Waals surface area contributed by atoms with Crippen molar-refractivity contribution in [3.8, 4) is 0 Å². The molecule has 0 amide bonds. The molecule has 0 unspecified atom stereocenters. The largest absolute Gasteiger partial charge is 0.393 e. The van der Waals surface area contributed by atoms with Crippen molar-refractivity contribution in [2.45, 2.75) is 44.4 Å². The Kier molecular flexibility index (Phi) is 3.91. The number of hydrogen-bond donors (Lipinski definition) is 1. The molecule has 1 aliphatic carbocycles. The van der Waals surface area contributed by atoms with E-state index in [2.05, 4.69) is 23.0 Å². The third kappa shape index (κ3) is 3.03. The molecule has 1 saturated carbocycles. The van der Waals surface area contributed by atoms with Crippen molar-refractivity contribution < 1.29 is 5.11 Å². The predicted octanol–water partition coefficient (Wildman–Crippen LogP) is 1.82. The molecule has 0 saturated heterocycles. The van der Waals surface area contributed by atoms with Crippen LogP contribution in [0.5, 0.6) is 0 Å². The Bertz CT molecular complexity index is 307. The van der Waals surface area contributed by atoms with E-state index in [4.69, 9.17) is 0 Å². The maximum Gasteiger partial charge on any atom is 0.0541 e. The summed E-state index contributed by atoms with van der Waals surface area (Å²) in [5.74, 6) is 0. The van der Waals surface area contributed by atoms with Crippen molar-refractivity contribution in [2.75, 3.05) is 7.05 Å². The van der Waals surface area contributed by atoms with Crippen LogP contribution in [0.3, 0.4) is 0 Å². The van der Waals surface area contributed by atoms with Gasteiger partial charge in [0.05, 0.1) is 6.10 Å². The molecule has 1 N–H and O–H groups in total. The molecular formula is C13H20N2O. The van der Waals surface area contributed by atoms with Crippen molar-refractivity contribution in [3.63, 3.8) is 0 Å². The summed E-state index contributed by atoms with van der Waals surface area (Å²) in [5, 5.41) is 9.47. The Hall–Kier alpha value is -0.930. The van der Waals surface area contributed by atoms with Crippen LogP contribution in [-0.4, -0.2) is 34.2 Å². The van der Waals surface area contributed by atoms with Crippen LogP contribution in [0.15, 0.2) is 24.5 Å². The topological polar surface area (TPSA) is 36.4 Å². The van der Waals surface area contributed by atoms with Gasteiger partial charge in [-0.2, -0.15) is 0 Å². The van der Waals surface area contributed by atoms with E-state index in [0.29, 0.717) is 6.04 Å². The Labute approximate surface area is 97.1 Å². The molecule has 0 aromatic carbocycles. The second-order valence-electron chi connectivity index (χ2n) is 4.74. The second-order valence-corrected chi connectivity index (χ2v) is 4.74. The normalized spacial score (nSPS) is 25.9. The maximum absolute atomic E-state index is 9.47. The molecule has 0 bridgehead atoms. The van der Waals surface area contributed by atoms with Gasteiger partial charge >= 0.3 is 0 Å². The quantitative estimate of drug-likeness (QED) is 0.844. The first-order valence-corrected chi connectivity index (χ1v) is 6.03. The number of hydrogen-bond acceptors (Lipinski definition) is 3. The fourth-order valence-corrected chi connectivity index (χ4v) is 2.41. The van der Waals surface area contributed by atoms with Crippen molar-refractivity contribution in [1.29, 1.82) is 0 Å². The van der Waals surface area contributed by atoms with Crippen LogP contribution in [0.25, 0.3) is 0 Å². The lowest BCUT2D eigenvalue weighted by atomic mass is 9.92. The van der Waals surface area contributed by atoms with Crippen LogP contribution < -0.4 is 0 Å². The monoisotopic (exact) mass is 220 g/mol. The van der Waals surface area contributed by atoms with Gasteiger partial charge in [0.25, 0.3) is 0 Å². The number of aliphatic hydroxyl groups excluding tert-OH is 1. The third-order valence-corrected chi connectivity index (χ3v) is 3.44. The summed E-state index contributed by atoms with van der Waals surface area (Å²) in [5.41, 5.74) is 1.26. The summed E-state index contributed by atoms with van der Waals surface area (Å²) in [4.78, 5) is 6.51. The number of aromatic nitrogens is 1. The smallest absolute Gasteiger partial charge is 0.0541 e. The average molecular weight is 220 g/mol. The van der Waals surface area contributed by atoms with E-state index >= 15 is 0 Å². The van der Waals surface area contributed by atoms with Gasteiger partial charge in [-0.1, -0.05) is 6.07 Å². The molecule has 0 aliphatic heterocycles. The molecule has 2 rings (SSSR count). The first kappa shape index (κ1) is 11.6.